The quantitative estimate of drug-likeness (QED) is 0.224. The Morgan fingerprint density at radius 1 is 1.11 bits per heavy atom. The van der Waals surface area contributed by atoms with Gasteiger partial charge in [-0.25, -0.2) is 9.37 Å². The Balaban J connectivity index is 1.83. The molecule has 1 saturated heterocycles. The number of hydrogen-bond acceptors (Lipinski definition) is 5. The summed E-state index contributed by atoms with van der Waals surface area (Å²) in [5.74, 6) is 0.351. The second kappa shape index (κ2) is 13.6. The fraction of sp³-hybridized carbons (Fsp3) is 0.545. The summed E-state index contributed by atoms with van der Waals surface area (Å²) >= 11 is 13.5. The molecule has 1 fully saturated rings. The number of imidazole rings is 1. The van der Waals surface area contributed by atoms with E-state index in [4.69, 9.17) is 28.2 Å². The third kappa shape index (κ3) is 7.32. The molecule has 4 rings (SSSR count). The number of piperidine rings is 1. The predicted molar refractivity (Wildman–Crippen MR) is 176 cm³/mol. The molecule has 2 amide bonds. The molecular weight excluding hydrogens is 604 g/mol. The van der Waals surface area contributed by atoms with Gasteiger partial charge in [-0.05, 0) is 82.2 Å². The summed E-state index contributed by atoms with van der Waals surface area (Å²) in [6.45, 7) is 12.6. The van der Waals surface area contributed by atoms with Crippen LogP contribution in [0.15, 0.2) is 24.3 Å². The first kappa shape index (κ1) is 34.0. The summed E-state index contributed by atoms with van der Waals surface area (Å²) in [7, 11) is 0. The first-order chi connectivity index (χ1) is 20.7. The number of aliphatic hydroxyl groups is 1. The van der Waals surface area contributed by atoms with Gasteiger partial charge in [0.2, 0.25) is 0 Å². The maximum Gasteiger partial charge on any atom is 0.257 e. The molecule has 3 N–H and O–H groups in total. The maximum absolute atomic E-state index is 14.1. The van der Waals surface area contributed by atoms with Gasteiger partial charge in [-0.15, -0.1) is 0 Å². The van der Waals surface area contributed by atoms with E-state index in [2.05, 4.69) is 22.5 Å². The van der Waals surface area contributed by atoms with Crippen LogP contribution in [0.4, 0.5) is 10.1 Å². The van der Waals surface area contributed by atoms with Crippen LogP contribution in [0.25, 0.3) is 11.0 Å². The van der Waals surface area contributed by atoms with Gasteiger partial charge in [0.25, 0.3) is 11.8 Å². The molecule has 0 atom stereocenters. The highest BCUT2D eigenvalue weighted by atomic mass is 35.5. The number of rotatable bonds is 11. The minimum atomic E-state index is -2.03. The Bertz CT molecular complexity index is 1520. The first-order valence-electron chi connectivity index (χ1n) is 15.3. The number of benzene rings is 2. The highest BCUT2D eigenvalue weighted by Gasteiger charge is 2.30. The minimum Gasteiger partial charge on any atom is -0.394 e. The van der Waals surface area contributed by atoms with Crippen molar-refractivity contribution in [2.45, 2.75) is 85.0 Å². The van der Waals surface area contributed by atoms with E-state index in [0.29, 0.717) is 50.5 Å². The number of fused-ring (bicyclic) bond motifs is 1. The Labute approximate surface area is 269 Å². The third-order valence-electron chi connectivity index (χ3n) is 8.32. The van der Waals surface area contributed by atoms with Crippen molar-refractivity contribution in [3.8, 4) is 0 Å². The number of anilines is 1. The molecule has 44 heavy (non-hydrogen) atoms. The number of nitrogens with one attached hydrogen (secondary N) is 2. The SMILES string of the molecule is CCCNC(=O)c1cc2nc(Cc3c(Cl)ccc(CNC(=O)C(C)(C)F)c3Cl)n(C(C)(C)CO)c2cc1N1CCC(C)CC1. The van der Waals surface area contributed by atoms with E-state index in [1.165, 1.54) is 13.8 Å². The number of hydrogen-bond donors (Lipinski definition) is 3. The molecule has 11 heteroatoms. The normalized spacial score (nSPS) is 14.7. The summed E-state index contributed by atoms with van der Waals surface area (Å²) < 4.78 is 16.1. The molecule has 1 aliphatic rings. The Morgan fingerprint density at radius 2 is 1.80 bits per heavy atom. The molecule has 2 aromatic carbocycles. The highest BCUT2D eigenvalue weighted by Crippen LogP contribution is 2.36. The lowest BCUT2D eigenvalue weighted by Gasteiger charge is -2.34. The fourth-order valence-corrected chi connectivity index (χ4v) is 6.11. The number of halogens is 3. The molecule has 0 spiro atoms. The van der Waals surface area contributed by atoms with Gasteiger partial charge in [-0.3, -0.25) is 9.59 Å². The standard InChI is InChI=1S/C33H44Cl2FN5O3/c1-7-12-37-30(43)23-15-25-27(17-26(23)40-13-10-20(2)11-14-40)41(32(3,4)19-42)28(39-25)16-22-24(34)9-8-21(29(22)35)18-38-31(44)33(5,6)36/h8-9,15,17,20,42H,7,10-14,16,18-19H2,1-6H3,(H,37,43)(H,38,44). The van der Waals surface area contributed by atoms with E-state index in [1.54, 1.807) is 12.1 Å². The number of carbonyl (C=O) groups excluding carboxylic acids is 2. The van der Waals surface area contributed by atoms with Gasteiger partial charge in [0, 0.05) is 37.6 Å². The summed E-state index contributed by atoms with van der Waals surface area (Å²) in [5.41, 5.74) is 1.24. The average molecular weight is 649 g/mol. The predicted octanol–water partition coefficient (Wildman–Crippen LogP) is 6.40. The van der Waals surface area contributed by atoms with E-state index in [0.717, 1.165) is 43.6 Å². The summed E-state index contributed by atoms with van der Waals surface area (Å²) in [6, 6.07) is 7.26. The lowest BCUT2D eigenvalue weighted by molar-refractivity contribution is -0.130. The van der Waals surface area contributed by atoms with Crippen molar-refractivity contribution in [1.29, 1.82) is 0 Å². The van der Waals surface area contributed by atoms with E-state index in [1.807, 2.05) is 37.5 Å². The van der Waals surface area contributed by atoms with Crippen LogP contribution >= 0.6 is 23.2 Å². The highest BCUT2D eigenvalue weighted by molar-refractivity contribution is 6.36. The van der Waals surface area contributed by atoms with Gasteiger partial charge >= 0.3 is 0 Å². The van der Waals surface area contributed by atoms with Crippen molar-refractivity contribution < 1.29 is 19.1 Å². The third-order valence-corrected chi connectivity index (χ3v) is 9.14. The van der Waals surface area contributed by atoms with Crippen molar-refractivity contribution >= 4 is 51.7 Å². The summed E-state index contributed by atoms with van der Waals surface area (Å²) in [6.07, 6.45) is 3.12. The Kier molecular flexibility index (Phi) is 10.5. The smallest absolute Gasteiger partial charge is 0.257 e. The number of aromatic nitrogens is 2. The minimum absolute atomic E-state index is 0.0295. The van der Waals surface area contributed by atoms with Crippen LogP contribution in [0.1, 0.15) is 88.1 Å². The second-order valence-electron chi connectivity index (χ2n) is 12.9. The fourth-order valence-electron chi connectivity index (χ4n) is 5.54. The largest absolute Gasteiger partial charge is 0.394 e. The van der Waals surface area contributed by atoms with Gasteiger partial charge in [-0.1, -0.05) is 43.1 Å². The number of nitrogens with zero attached hydrogens (tertiary/aromatic N) is 3. The van der Waals surface area contributed by atoms with Gasteiger partial charge in [0.1, 0.15) is 5.82 Å². The maximum atomic E-state index is 14.1. The Morgan fingerprint density at radius 3 is 2.41 bits per heavy atom. The molecule has 1 aliphatic heterocycles. The van der Waals surface area contributed by atoms with Gasteiger partial charge in [0.05, 0.1) is 39.5 Å². The van der Waals surface area contributed by atoms with Crippen LogP contribution in [-0.4, -0.2) is 58.4 Å². The van der Waals surface area contributed by atoms with Crippen LogP contribution in [0.3, 0.4) is 0 Å². The van der Waals surface area contributed by atoms with E-state index < -0.39 is 17.1 Å². The van der Waals surface area contributed by atoms with E-state index in [-0.39, 0.29) is 25.5 Å². The second-order valence-corrected chi connectivity index (χ2v) is 13.7. The monoisotopic (exact) mass is 647 g/mol. The molecule has 3 aromatic rings. The molecular formula is C33H44Cl2FN5O3. The molecule has 8 nitrogen and oxygen atoms in total. The van der Waals surface area contributed by atoms with Crippen LogP contribution in [0.2, 0.25) is 10.0 Å². The van der Waals surface area contributed by atoms with Crippen LogP contribution in [0, 0.1) is 5.92 Å². The van der Waals surface area contributed by atoms with Gasteiger partial charge < -0.3 is 25.2 Å². The van der Waals surface area contributed by atoms with Crippen molar-refractivity contribution in [1.82, 2.24) is 20.2 Å². The number of carbonyl (C=O) groups is 2. The zero-order valence-corrected chi connectivity index (χ0v) is 28.0. The van der Waals surface area contributed by atoms with Gasteiger partial charge in [0.15, 0.2) is 5.67 Å². The zero-order chi connectivity index (χ0) is 32.4. The van der Waals surface area contributed by atoms with E-state index in [9.17, 15) is 19.1 Å². The van der Waals surface area contributed by atoms with Crippen molar-refractivity contribution in [3.05, 3.63) is 56.8 Å². The zero-order valence-electron chi connectivity index (χ0n) is 26.5. The molecule has 0 aliphatic carbocycles. The van der Waals surface area contributed by atoms with Crippen molar-refractivity contribution in [3.63, 3.8) is 0 Å². The molecule has 240 valence electrons. The first-order valence-corrected chi connectivity index (χ1v) is 16.1. The van der Waals surface area contributed by atoms with Crippen molar-refractivity contribution in [2.24, 2.45) is 5.92 Å². The van der Waals surface area contributed by atoms with Crippen LogP contribution < -0.4 is 15.5 Å². The molecule has 0 unspecified atom stereocenters. The van der Waals surface area contributed by atoms with Crippen molar-refractivity contribution in [2.75, 3.05) is 31.1 Å². The Hall–Kier alpha value is -2.88. The van der Waals surface area contributed by atoms with Crippen LogP contribution in [-0.2, 0) is 23.3 Å². The number of alkyl halides is 1. The summed E-state index contributed by atoms with van der Waals surface area (Å²) in [4.78, 5) is 32.8. The summed E-state index contributed by atoms with van der Waals surface area (Å²) in [5, 5.41) is 16.9. The van der Waals surface area contributed by atoms with Crippen LogP contribution in [0.5, 0.6) is 0 Å². The number of aliphatic hydroxyl groups excluding tert-OH is 1. The molecule has 1 aromatic heterocycles. The molecule has 0 radical (unpaired) electrons. The van der Waals surface area contributed by atoms with Gasteiger partial charge in [-0.2, -0.15) is 0 Å². The molecule has 0 saturated carbocycles. The molecule has 2 heterocycles. The lowest BCUT2D eigenvalue weighted by atomic mass is 9.97. The number of amides is 2. The van der Waals surface area contributed by atoms with E-state index >= 15 is 0 Å². The average Bonchev–Trinajstić information content (AvgIpc) is 3.34. The molecule has 0 bridgehead atoms. The topological polar surface area (TPSA) is 99.5 Å². The lowest BCUT2D eigenvalue weighted by Crippen LogP contribution is -2.38.